The van der Waals surface area contributed by atoms with Crippen LogP contribution in [0.4, 0.5) is 0 Å². The van der Waals surface area contributed by atoms with Crippen LogP contribution in [0.2, 0.25) is 0 Å². The van der Waals surface area contributed by atoms with E-state index in [-0.39, 0.29) is 25.7 Å². The highest BCUT2D eigenvalue weighted by molar-refractivity contribution is 5.97. The second-order valence-electron chi connectivity index (χ2n) is 12.4. The highest BCUT2D eigenvalue weighted by Crippen LogP contribution is 2.06. The van der Waals surface area contributed by atoms with Crippen LogP contribution in [0.25, 0.3) is 0 Å². The average Bonchev–Trinajstić information content (AvgIpc) is 3.09. The third-order valence-corrected chi connectivity index (χ3v) is 7.72. The summed E-state index contributed by atoms with van der Waals surface area (Å²) in [7, 11) is 0. The fourth-order valence-electron chi connectivity index (χ4n) is 4.48. The van der Waals surface area contributed by atoms with Gasteiger partial charge in [0.1, 0.15) is 42.3 Å². The Balaban J connectivity index is 5.78. The molecule has 0 aliphatic heterocycles. The molecule has 0 aromatic carbocycles. The van der Waals surface area contributed by atoms with Crippen molar-refractivity contribution in [1.82, 2.24) is 37.2 Å². The minimum absolute atomic E-state index is 0.0835. The number of carboxylic acid groups (broad SMARTS) is 1. The van der Waals surface area contributed by atoms with Crippen LogP contribution in [-0.4, -0.2) is 114 Å². The molecule has 0 radical (unpaired) electrons. The number of unbranched alkanes of at least 4 members (excludes halogenated alkanes) is 2. The number of rotatable bonds is 25. The summed E-state index contributed by atoms with van der Waals surface area (Å²) in [5.74, 6) is -2.04. The third kappa shape index (κ3) is 18.7. The lowest BCUT2D eigenvalue weighted by molar-refractivity contribution is -0.141. The first-order valence-corrected chi connectivity index (χ1v) is 17.3. The number of nitrogens with one attached hydrogen (secondary N) is 7. The number of carbonyl (C=O) groups is 8. The predicted molar refractivity (Wildman–Crippen MR) is 195 cm³/mol. The highest BCUT2D eigenvalue weighted by atomic mass is 16.4. The van der Waals surface area contributed by atoms with E-state index >= 15 is 0 Å². The summed E-state index contributed by atoms with van der Waals surface area (Å²) in [6.45, 7) is 5.99. The van der Waals surface area contributed by atoms with Crippen molar-refractivity contribution >= 4 is 47.3 Å². The second kappa shape index (κ2) is 25.7. The minimum Gasteiger partial charge on any atom is -0.480 e. The van der Waals surface area contributed by atoms with Crippen molar-refractivity contribution in [1.29, 1.82) is 0 Å². The van der Waals surface area contributed by atoms with Crippen LogP contribution >= 0.6 is 0 Å². The van der Waals surface area contributed by atoms with Crippen LogP contribution in [-0.2, 0) is 38.4 Å². The van der Waals surface area contributed by atoms with E-state index in [4.69, 9.17) is 35.2 Å². The zero-order valence-corrected chi connectivity index (χ0v) is 30.8. The summed E-state index contributed by atoms with van der Waals surface area (Å²) < 4.78 is 0. The standard InChI is InChI=1S/C34H56N10O9/c1-7-13-23(30(48)38-20(4)28(46)40-22(6)34(52)53)44-33(51)26(16-10-12-18-36)42-29(47)21(5)39-31(49)24(14-8-2)43-32(50)25(15-9-11-17-35)41-27(45)19(3)37/h1-2,19-26H,9-18,35-37H2,3-6H3,(H,38,48)(H,39,49)(H,40,46)(H,41,45)(H,42,47)(H,43,50)(H,44,51)(H,52,53)/t19-,20-,21-,22-,23-,24-,25-,26-/m0/s1. The van der Waals surface area contributed by atoms with Gasteiger partial charge in [0.25, 0.3) is 0 Å². The number of nitrogens with two attached hydrogens (primary N) is 3. The Morgan fingerprint density at radius 1 is 0.509 bits per heavy atom. The van der Waals surface area contributed by atoms with Crippen LogP contribution in [0.3, 0.4) is 0 Å². The van der Waals surface area contributed by atoms with Gasteiger partial charge in [0.2, 0.25) is 41.4 Å². The maximum atomic E-state index is 13.4. The molecule has 0 aromatic heterocycles. The van der Waals surface area contributed by atoms with Crippen molar-refractivity contribution in [3.05, 3.63) is 0 Å². The molecule has 0 bridgehead atoms. The smallest absolute Gasteiger partial charge is 0.325 e. The average molecular weight is 749 g/mol. The number of carboxylic acids is 1. The first-order chi connectivity index (χ1) is 24.9. The van der Waals surface area contributed by atoms with Gasteiger partial charge in [0.05, 0.1) is 6.04 Å². The lowest BCUT2D eigenvalue weighted by Crippen LogP contribution is -2.59. The summed E-state index contributed by atoms with van der Waals surface area (Å²) in [4.78, 5) is 102. The molecule has 0 unspecified atom stereocenters. The molecule has 7 amide bonds. The first kappa shape index (κ1) is 47.8. The molecule has 19 heteroatoms. The van der Waals surface area contributed by atoms with Gasteiger partial charge in [-0.25, -0.2) is 0 Å². The molecule has 14 N–H and O–H groups in total. The van der Waals surface area contributed by atoms with Gasteiger partial charge >= 0.3 is 5.97 Å². The molecule has 53 heavy (non-hydrogen) atoms. The molecule has 0 rings (SSSR count). The monoisotopic (exact) mass is 748 g/mol. The molecule has 8 atom stereocenters. The Morgan fingerprint density at radius 2 is 0.830 bits per heavy atom. The Hall–Kier alpha value is -5.24. The molecule has 296 valence electrons. The van der Waals surface area contributed by atoms with E-state index in [1.54, 1.807) is 0 Å². The SMILES string of the molecule is C#CC[C@H](NC(=O)[C@H](CCCCN)NC(=O)[C@H](C)N)C(=O)N[C@@H](C)C(=O)N[C@@H](CCCCN)C(=O)N[C@@H](CC#C)C(=O)N[C@@H](C)C(=O)N[C@@H](C)C(=O)O. The largest absolute Gasteiger partial charge is 0.480 e. The fraction of sp³-hybridized carbons (Fsp3) is 0.647. The van der Waals surface area contributed by atoms with E-state index in [9.17, 15) is 38.4 Å². The van der Waals surface area contributed by atoms with Crippen molar-refractivity contribution in [2.45, 2.75) is 127 Å². The van der Waals surface area contributed by atoms with Crippen LogP contribution in [0.1, 0.15) is 79.1 Å². The van der Waals surface area contributed by atoms with Gasteiger partial charge in [-0.05, 0) is 79.3 Å². The van der Waals surface area contributed by atoms with Gasteiger partial charge in [-0.15, -0.1) is 24.7 Å². The molecular formula is C34H56N10O9. The van der Waals surface area contributed by atoms with Gasteiger partial charge in [0, 0.05) is 12.8 Å². The topological polar surface area (TPSA) is 319 Å². The van der Waals surface area contributed by atoms with Gasteiger partial charge in [-0.3, -0.25) is 38.4 Å². The predicted octanol–water partition coefficient (Wildman–Crippen LogP) is -3.82. The summed E-state index contributed by atoms with van der Waals surface area (Å²) in [5.41, 5.74) is 16.8. The van der Waals surface area contributed by atoms with E-state index in [0.29, 0.717) is 38.8 Å². The van der Waals surface area contributed by atoms with Crippen LogP contribution in [0, 0.1) is 24.7 Å². The van der Waals surface area contributed by atoms with Crippen molar-refractivity contribution < 1.29 is 43.5 Å². The lowest BCUT2D eigenvalue weighted by atomic mass is 10.1. The Morgan fingerprint density at radius 3 is 1.17 bits per heavy atom. The zero-order valence-electron chi connectivity index (χ0n) is 30.8. The van der Waals surface area contributed by atoms with Crippen LogP contribution in [0.5, 0.6) is 0 Å². The number of carbonyl (C=O) groups excluding carboxylic acids is 7. The Kier molecular flexibility index (Phi) is 23.1. The van der Waals surface area contributed by atoms with Gasteiger partial charge in [-0.2, -0.15) is 0 Å². The number of hydrogen-bond donors (Lipinski definition) is 11. The van der Waals surface area contributed by atoms with Gasteiger partial charge in [0.15, 0.2) is 0 Å². The van der Waals surface area contributed by atoms with Crippen molar-refractivity contribution in [3.63, 3.8) is 0 Å². The van der Waals surface area contributed by atoms with Gasteiger partial charge in [-0.1, -0.05) is 0 Å². The quantitative estimate of drug-likeness (QED) is 0.0316. The Bertz CT molecular complexity index is 1360. The zero-order chi connectivity index (χ0) is 40.7. The first-order valence-electron chi connectivity index (χ1n) is 17.3. The van der Waals surface area contributed by atoms with E-state index in [1.807, 2.05) is 0 Å². The lowest BCUT2D eigenvalue weighted by Gasteiger charge is -2.26. The third-order valence-electron chi connectivity index (χ3n) is 7.72. The minimum atomic E-state index is -1.34. The molecule has 19 nitrogen and oxygen atoms in total. The molecular weight excluding hydrogens is 692 g/mol. The van der Waals surface area contributed by atoms with Crippen LogP contribution < -0.4 is 54.4 Å². The molecule has 0 spiro atoms. The summed E-state index contributed by atoms with van der Waals surface area (Å²) in [5, 5.41) is 26.1. The van der Waals surface area contributed by atoms with Crippen molar-refractivity contribution in [2.75, 3.05) is 13.1 Å². The number of amides is 7. The van der Waals surface area contributed by atoms with Crippen LogP contribution in [0.15, 0.2) is 0 Å². The second-order valence-corrected chi connectivity index (χ2v) is 12.4. The molecule has 0 aliphatic rings. The number of aliphatic carboxylic acids is 1. The maximum absolute atomic E-state index is 13.4. The Labute approximate surface area is 310 Å². The normalized spacial score (nSPS) is 15.1. The van der Waals surface area contributed by atoms with E-state index < -0.39 is 95.7 Å². The molecule has 0 heterocycles. The summed E-state index contributed by atoms with van der Waals surface area (Å²) >= 11 is 0. The fourth-order valence-corrected chi connectivity index (χ4v) is 4.48. The van der Waals surface area contributed by atoms with Crippen molar-refractivity contribution in [3.8, 4) is 24.7 Å². The number of terminal acetylenes is 2. The van der Waals surface area contributed by atoms with Crippen molar-refractivity contribution in [2.24, 2.45) is 17.2 Å². The summed E-state index contributed by atoms with van der Waals surface area (Å²) in [6, 6.07) is -9.46. The molecule has 0 aromatic rings. The maximum Gasteiger partial charge on any atom is 0.325 e. The summed E-state index contributed by atoms with van der Waals surface area (Å²) in [6.07, 6.45) is 12.6. The molecule has 0 saturated heterocycles. The number of hydrogen-bond acceptors (Lipinski definition) is 11. The van der Waals surface area contributed by atoms with Gasteiger partial charge < -0.3 is 59.5 Å². The van der Waals surface area contributed by atoms with E-state index in [1.165, 1.54) is 27.7 Å². The highest BCUT2D eigenvalue weighted by Gasteiger charge is 2.32. The van der Waals surface area contributed by atoms with E-state index in [2.05, 4.69) is 49.1 Å². The molecule has 0 saturated carbocycles. The van der Waals surface area contributed by atoms with E-state index in [0.717, 1.165) is 0 Å². The molecule has 0 fully saturated rings. The molecule has 0 aliphatic carbocycles.